The Bertz CT molecular complexity index is 939. The molecule has 0 unspecified atom stereocenters. The van der Waals surface area contributed by atoms with Crippen molar-refractivity contribution in [3.05, 3.63) is 59.0 Å². The quantitative estimate of drug-likeness (QED) is 0.730. The van der Waals surface area contributed by atoms with E-state index in [1.807, 2.05) is 43.0 Å². The van der Waals surface area contributed by atoms with Gasteiger partial charge in [0.1, 0.15) is 11.4 Å². The number of aromatic amines is 1. The van der Waals surface area contributed by atoms with Crippen LogP contribution in [-0.4, -0.2) is 44.2 Å². The minimum Gasteiger partial charge on any atom is -0.484 e. The molecule has 3 heterocycles. The number of rotatable bonds is 5. The highest BCUT2D eigenvalue weighted by atomic mass is 16.5. The second kappa shape index (κ2) is 7.84. The number of likely N-dealkylation sites (tertiary alicyclic amines) is 1. The molecule has 0 aliphatic carbocycles. The summed E-state index contributed by atoms with van der Waals surface area (Å²) in [7, 11) is 0. The molecule has 1 saturated heterocycles. The van der Waals surface area contributed by atoms with Crippen molar-refractivity contribution in [3.8, 4) is 5.75 Å². The summed E-state index contributed by atoms with van der Waals surface area (Å²) in [6, 6.07) is 9.59. The number of carbonyl (C=O) groups is 1. The van der Waals surface area contributed by atoms with Crippen molar-refractivity contribution in [1.82, 2.24) is 25.2 Å². The third-order valence-electron chi connectivity index (χ3n) is 4.94. The lowest BCUT2D eigenvalue weighted by Gasteiger charge is -2.30. The number of amides is 1. The lowest BCUT2D eigenvalue weighted by atomic mass is 9.96. The maximum atomic E-state index is 12.5. The van der Waals surface area contributed by atoms with Crippen LogP contribution in [0.3, 0.4) is 0 Å². The van der Waals surface area contributed by atoms with Crippen LogP contribution in [0.1, 0.15) is 52.2 Å². The monoisotopic (exact) mass is 381 g/mol. The van der Waals surface area contributed by atoms with Crippen LogP contribution in [0, 0.1) is 13.8 Å². The number of hydrogen-bond acceptors (Lipinski definition) is 6. The van der Waals surface area contributed by atoms with Crippen LogP contribution >= 0.6 is 0 Å². The molecular weight excluding hydrogens is 358 g/mol. The second-order valence-electron chi connectivity index (χ2n) is 7.15. The highest BCUT2D eigenvalue weighted by Crippen LogP contribution is 2.27. The van der Waals surface area contributed by atoms with E-state index in [-0.39, 0.29) is 18.4 Å². The zero-order valence-electron chi connectivity index (χ0n) is 16.0. The summed E-state index contributed by atoms with van der Waals surface area (Å²) in [4.78, 5) is 18.8. The number of carbonyl (C=O) groups excluding carboxylic acids is 1. The van der Waals surface area contributed by atoms with Gasteiger partial charge in [0.05, 0.1) is 0 Å². The molecule has 8 heteroatoms. The largest absolute Gasteiger partial charge is 0.484 e. The van der Waals surface area contributed by atoms with E-state index in [1.165, 1.54) is 5.56 Å². The summed E-state index contributed by atoms with van der Waals surface area (Å²) in [5.74, 6) is 2.06. The standard InChI is InChI=1S/C20H23N5O3/c1-13-3-5-16(6-4-13)27-12-18-21-19(24-28-18)15-7-9-25(10-8-15)20(26)17-11-14(2)22-23-17/h3-6,11,15H,7-10,12H2,1-2H3,(H,22,23). The number of piperidine rings is 1. The Kier molecular flexibility index (Phi) is 5.10. The summed E-state index contributed by atoms with van der Waals surface area (Å²) in [5.41, 5.74) is 2.52. The Morgan fingerprint density at radius 1 is 1.25 bits per heavy atom. The van der Waals surface area contributed by atoms with Gasteiger partial charge in [-0.2, -0.15) is 10.1 Å². The molecule has 0 spiro atoms. The molecule has 8 nitrogen and oxygen atoms in total. The van der Waals surface area contributed by atoms with Gasteiger partial charge >= 0.3 is 0 Å². The first-order valence-corrected chi connectivity index (χ1v) is 9.42. The van der Waals surface area contributed by atoms with Crippen LogP contribution in [0.5, 0.6) is 5.75 Å². The van der Waals surface area contributed by atoms with Crippen molar-refractivity contribution in [2.45, 2.75) is 39.2 Å². The van der Waals surface area contributed by atoms with Crippen molar-refractivity contribution in [2.75, 3.05) is 13.1 Å². The van der Waals surface area contributed by atoms with E-state index in [0.29, 0.717) is 30.5 Å². The molecule has 1 N–H and O–H groups in total. The first kappa shape index (κ1) is 18.2. The first-order valence-electron chi connectivity index (χ1n) is 9.42. The van der Waals surface area contributed by atoms with Crippen LogP contribution in [0.15, 0.2) is 34.9 Å². The average molecular weight is 381 g/mol. The molecule has 0 radical (unpaired) electrons. The van der Waals surface area contributed by atoms with E-state index < -0.39 is 0 Å². The minimum atomic E-state index is -0.0388. The predicted octanol–water partition coefficient (Wildman–Crippen LogP) is 3.01. The fourth-order valence-electron chi connectivity index (χ4n) is 3.30. The second-order valence-corrected chi connectivity index (χ2v) is 7.15. The molecule has 1 amide bonds. The van der Waals surface area contributed by atoms with E-state index in [4.69, 9.17) is 9.26 Å². The van der Waals surface area contributed by atoms with Gasteiger partial charge in [0, 0.05) is 24.7 Å². The van der Waals surface area contributed by atoms with Crippen LogP contribution < -0.4 is 4.74 Å². The van der Waals surface area contributed by atoms with Gasteiger partial charge in [0.2, 0.25) is 0 Å². The zero-order valence-corrected chi connectivity index (χ0v) is 16.0. The molecule has 2 aromatic heterocycles. The molecule has 1 aromatic carbocycles. The number of hydrogen-bond donors (Lipinski definition) is 1. The first-order chi connectivity index (χ1) is 13.6. The summed E-state index contributed by atoms with van der Waals surface area (Å²) in [5, 5.41) is 11.0. The van der Waals surface area contributed by atoms with Gasteiger partial charge in [0.15, 0.2) is 12.4 Å². The maximum absolute atomic E-state index is 12.5. The number of ether oxygens (including phenoxy) is 1. The fraction of sp³-hybridized carbons (Fsp3) is 0.400. The van der Waals surface area contributed by atoms with E-state index >= 15 is 0 Å². The number of nitrogens with zero attached hydrogens (tertiary/aromatic N) is 4. The molecule has 0 bridgehead atoms. The normalized spacial score (nSPS) is 15.0. The third kappa shape index (κ3) is 4.05. The van der Waals surface area contributed by atoms with Crippen molar-refractivity contribution >= 4 is 5.91 Å². The van der Waals surface area contributed by atoms with Gasteiger partial charge in [-0.3, -0.25) is 9.89 Å². The van der Waals surface area contributed by atoms with E-state index in [0.717, 1.165) is 24.3 Å². The van der Waals surface area contributed by atoms with E-state index in [1.54, 1.807) is 6.07 Å². The van der Waals surface area contributed by atoms with Gasteiger partial charge in [0.25, 0.3) is 11.8 Å². The Morgan fingerprint density at radius 2 is 2.00 bits per heavy atom. The molecule has 0 saturated carbocycles. The van der Waals surface area contributed by atoms with Gasteiger partial charge in [-0.05, 0) is 44.9 Å². The SMILES string of the molecule is Cc1ccc(OCc2nc(C3CCN(C(=O)c4cc(C)[nH]n4)CC3)no2)cc1. The molecule has 4 rings (SSSR count). The van der Waals surface area contributed by atoms with Gasteiger partial charge in [-0.25, -0.2) is 0 Å². The Balaban J connectivity index is 1.30. The molecule has 1 aliphatic rings. The van der Waals surface area contributed by atoms with Crippen molar-refractivity contribution in [1.29, 1.82) is 0 Å². The Hall–Kier alpha value is -3.16. The summed E-state index contributed by atoms with van der Waals surface area (Å²) in [6.45, 7) is 5.46. The van der Waals surface area contributed by atoms with Gasteiger partial charge in [-0.1, -0.05) is 22.9 Å². The van der Waals surface area contributed by atoms with Gasteiger partial charge < -0.3 is 14.2 Å². The van der Waals surface area contributed by atoms with Crippen molar-refractivity contribution in [2.24, 2.45) is 0 Å². The van der Waals surface area contributed by atoms with Crippen LogP contribution in [0.2, 0.25) is 0 Å². The van der Waals surface area contributed by atoms with Crippen LogP contribution in [-0.2, 0) is 6.61 Å². The Morgan fingerprint density at radius 3 is 2.68 bits per heavy atom. The highest BCUT2D eigenvalue weighted by Gasteiger charge is 2.28. The van der Waals surface area contributed by atoms with E-state index in [2.05, 4.69) is 20.3 Å². The molecule has 28 heavy (non-hydrogen) atoms. The van der Waals surface area contributed by atoms with Crippen LogP contribution in [0.4, 0.5) is 0 Å². The molecule has 1 fully saturated rings. The van der Waals surface area contributed by atoms with Crippen molar-refractivity contribution in [3.63, 3.8) is 0 Å². The topological polar surface area (TPSA) is 97.1 Å². The number of H-pyrrole nitrogens is 1. The highest BCUT2D eigenvalue weighted by molar-refractivity contribution is 5.92. The fourth-order valence-corrected chi connectivity index (χ4v) is 3.30. The van der Waals surface area contributed by atoms with Crippen molar-refractivity contribution < 1.29 is 14.1 Å². The van der Waals surface area contributed by atoms with E-state index in [9.17, 15) is 4.79 Å². The molecule has 3 aromatic rings. The molecular formula is C20H23N5O3. The zero-order chi connectivity index (χ0) is 19.5. The summed E-state index contributed by atoms with van der Waals surface area (Å²) in [6.07, 6.45) is 1.60. The number of aromatic nitrogens is 4. The number of nitrogens with one attached hydrogen (secondary N) is 1. The summed E-state index contributed by atoms with van der Waals surface area (Å²) >= 11 is 0. The third-order valence-corrected chi connectivity index (χ3v) is 4.94. The number of aryl methyl sites for hydroxylation is 2. The minimum absolute atomic E-state index is 0.0388. The predicted molar refractivity (Wildman–Crippen MR) is 101 cm³/mol. The maximum Gasteiger partial charge on any atom is 0.274 e. The molecule has 0 atom stereocenters. The van der Waals surface area contributed by atoms with Gasteiger partial charge in [-0.15, -0.1) is 0 Å². The van der Waals surface area contributed by atoms with Crippen LogP contribution in [0.25, 0.3) is 0 Å². The Labute approximate surface area is 162 Å². The summed E-state index contributed by atoms with van der Waals surface area (Å²) < 4.78 is 11.0. The molecule has 1 aliphatic heterocycles. The molecule has 146 valence electrons. The number of benzene rings is 1. The lowest BCUT2D eigenvalue weighted by Crippen LogP contribution is -2.38. The average Bonchev–Trinajstić information content (AvgIpc) is 3.36. The smallest absolute Gasteiger partial charge is 0.274 e. The lowest BCUT2D eigenvalue weighted by molar-refractivity contribution is 0.0704.